The summed E-state index contributed by atoms with van der Waals surface area (Å²) in [5.74, 6) is 1.25. The van der Waals surface area contributed by atoms with E-state index in [1.807, 2.05) is 43.3 Å². The summed E-state index contributed by atoms with van der Waals surface area (Å²) in [4.78, 5) is 5.13. The van der Waals surface area contributed by atoms with Crippen molar-refractivity contribution in [1.82, 2.24) is 15.1 Å². The van der Waals surface area contributed by atoms with Gasteiger partial charge in [-0.2, -0.15) is 0 Å². The zero-order chi connectivity index (χ0) is 24.0. The van der Waals surface area contributed by atoms with Gasteiger partial charge in [0.25, 0.3) is 0 Å². The fourth-order valence-corrected chi connectivity index (χ4v) is 7.33. The van der Waals surface area contributed by atoms with Crippen LogP contribution in [0.25, 0.3) is 0 Å². The van der Waals surface area contributed by atoms with Crippen molar-refractivity contribution in [1.29, 1.82) is 5.41 Å². The number of halogens is 2. The molecule has 5 N–H and O–H groups in total. The molecule has 1 heterocycles. The van der Waals surface area contributed by atoms with Crippen LogP contribution in [-0.4, -0.2) is 54.7 Å². The molecule has 0 spiro atoms. The molecule has 0 radical (unpaired) electrons. The summed E-state index contributed by atoms with van der Waals surface area (Å²) < 4.78 is 1.40. The number of rotatable bonds is 8. The number of hydrogen-bond donors (Lipinski definition) is 4. The van der Waals surface area contributed by atoms with Gasteiger partial charge in [0.15, 0.2) is 0 Å². The van der Waals surface area contributed by atoms with Crippen LogP contribution in [0.5, 0.6) is 0 Å². The van der Waals surface area contributed by atoms with E-state index in [9.17, 15) is 5.21 Å². The Morgan fingerprint density at radius 3 is 2.55 bits per heavy atom. The molecule has 0 saturated heterocycles. The van der Waals surface area contributed by atoms with Gasteiger partial charge in [-0.25, -0.2) is 0 Å². The second kappa shape index (κ2) is 12.5. The molecular formula is C23H31I2N6OS-. The third kappa shape index (κ3) is 6.90. The van der Waals surface area contributed by atoms with Crippen molar-refractivity contribution in [2.45, 2.75) is 23.7 Å². The number of hydrogen-bond acceptors (Lipinski definition) is 6. The first-order valence-electron chi connectivity index (χ1n) is 10.7. The van der Waals surface area contributed by atoms with E-state index in [0.29, 0.717) is 24.6 Å². The Kier molecular flexibility index (Phi) is 9.97. The van der Waals surface area contributed by atoms with Crippen LogP contribution < -0.4 is 33.3 Å². The molecule has 1 unspecified atom stereocenters. The normalized spacial score (nSPS) is 18.9. The summed E-state index contributed by atoms with van der Waals surface area (Å²) >= 11 is 4.09. The molecule has 0 bridgehead atoms. The Balaban J connectivity index is 1.80. The zero-order valence-corrected chi connectivity index (χ0v) is 24.2. The Hall–Kier alpha value is -1.22. The first-order valence-corrected chi connectivity index (χ1v) is 19.0. The number of nitrogens with zero attached hydrogens (tertiary/aromatic N) is 2. The molecule has 33 heavy (non-hydrogen) atoms. The van der Waals surface area contributed by atoms with Crippen LogP contribution in [0.4, 0.5) is 5.69 Å². The number of nitrogens with two attached hydrogens (primary N) is 1. The summed E-state index contributed by atoms with van der Waals surface area (Å²) in [7, 11) is 3.79. The van der Waals surface area contributed by atoms with Crippen molar-refractivity contribution in [3.8, 4) is 0 Å². The summed E-state index contributed by atoms with van der Waals surface area (Å²) in [6, 6.07) is 16.3. The van der Waals surface area contributed by atoms with E-state index < -0.39 is 0 Å². The number of anilines is 1. The third-order valence-corrected chi connectivity index (χ3v) is 11.1. The van der Waals surface area contributed by atoms with Gasteiger partial charge >= 0.3 is 182 Å². The molecule has 180 valence electrons. The van der Waals surface area contributed by atoms with Crippen molar-refractivity contribution in [2.24, 2.45) is 0 Å². The van der Waals surface area contributed by atoms with Crippen LogP contribution in [-0.2, 0) is 6.54 Å². The Labute approximate surface area is 220 Å². The molecule has 7 nitrogen and oxygen atoms in total. The molecule has 2 atom stereocenters. The first-order chi connectivity index (χ1) is 15.9. The molecule has 0 aromatic heterocycles. The van der Waals surface area contributed by atoms with E-state index in [4.69, 9.17) is 11.1 Å². The average molecular weight is 693 g/mol. The van der Waals surface area contributed by atoms with Crippen LogP contribution in [0.15, 0.2) is 64.8 Å². The van der Waals surface area contributed by atoms with E-state index in [-0.39, 0.29) is 34.2 Å². The Morgan fingerprint density at radius 1 is 1.30 bits per heavy atom. The predicted molar refractivity (Wildman–Crippen MR) is 141 cm³/mol. The summed E-state index contributed by atoms with van der Waals surface area (Å²) in [6.07, 6.45) is 0. The fraction of sp³-hybridized carbons (Fsp3) is 0.348. The maximum atomic E-state index is 13.3. The standard InChI is InChI=1S/C23H31I2N6OS/c1-4-30-15-21(33-19-11-9-18(26)10-12-19)31(32)14-20(23(30)28-2)22(27)29(3)13-16-5-7-17(25-24)8-6-16/h5-12,21,27-28,31H,4,13-15,26H2,1-3H3/q-1/t21-/m1/s1. The van der Waals surface area contributed by atoms with Crippen molar-refractivity contribution < 1.29 is 22.3 Å². The number of nitrogen functional groups attached to an aromatic ring is 1. The minimum absolute atomic E-state index is 0.0499. The van der Waals surface area contributed by atoms with E-state index >= 15 is 0 Å². The molecule has 0 amide bonds. The second-order valence-electron chi connectivity index (χ2n) is 7.84. The molecule has 2 aromatic carbocycles. The molecule has 1 aliphatic rings. The minimum atomic E-state index is -0.211. The van der Waals surface area contributed by atoms with Gasteiger partial charge in [0, 0.05) is 10.6 Å². The van der Waals surface area contributed by atoms with Crippen molar-refractivity contribution in [2.75, 3.05) is 39.5 Å². The van der Waals surface area contributed by atoms with Crippen molar-refractivity contribution in [3.05, 3.63) is 74.3 Å². The van der Waals surface area contributed by atoms with Gasteiger partial charge in [-0.3, -0.25) is 0 Å². The molecule has 0 fully saturated rings. The number of amidine groups is 1. The zero-order valence-electron chi connectivity index (χ0n) is 19.1. The molecule has 1 aliphatic heterocycles. The molecule has 0 saturated carbocycles. The average Bonchev–Trinajstić information content (AvgIpc) is 2.96. The van der Waals surface area contributed by atoms with E-state index in [1.54, 1.807) is 11.8 Å². The second-order valence-corrected chi connectivity index (χ2v) is 13.5. The maximum absolute atomic E-state index is 13.3. The van der Waals surface area contributed by atoms with Crippen LogP contribution >= 0.6 is 30.4 Å². The number of thioether (sulfide) groups is 1. The number of benzene rings is 2. The van der Waals surface area contributed by atoms with E-state index in [1.165, 1.54) is 3.57 Å². The van der Waals surface area contributed by atoms with Crippen molar-refractivity contribution >= 4 is 41.9 Å². The summed E-state index contributed by atoms with van der Waals surface area (Å²) in [5.41, 5.74) is 8.44. The number of hydroxylamine groups is 2. The van der Waals surface area contributed by atoms with Crippen LogP contribution in [0.3, 0.4) is 0 Å². The van der Waals surface area contributed by atoms with Gasteiger partial charge in [0.1, 0.15) is 0 Å². The van der Waals surface area contributed by atoms with E-state index in [2.05, 4.69) is 60.0 Å². The quantitative estimate of drug-likeness (QED) is 0.0986. The first kappa shape index (κ1) is 26.4. The van der Waals surface area contributed by atoms with Gasteiger partial charge in [0.2, 0.25) is 0 Å². The Morgan fingerprint density at radius 2 is 1.97 bits per heavy atom. The van der Waals surface area contributed by atoms with Gasteiger partial charge in [0.05, 0.1) is 0 Å². The van der Waals surface area contributed by atoms with E-state index in [0.717, 1.165) is 28.4 Å². The topological polar surface area (TPSA) is 95.9 Å². The van der Waals surface area contributed by atoms with Crippen LogP contribution in [0.1, 0.15) is 12.5 Å². The summed E-state index contributed by atoms with van der Waals surface area (Å²) in [5, 5.41) is 25.5. The SMILES string of the molecule is CCN1C[C@@H](Sc2ccc(N)cc2)[NH+]([O-])CC(C(=N)N(C)Cc2ccc([I-]I)cc2)=C1NC. The molecular weight excluding hydrogens is 662 g/mol. The van der Waals surface area contributed by atoms with Gasteiger partial charge in [-0.15, -0.1) is 0 Å². The molecule has 0 aliphatic carbocycles. The Bertz CT molecular complexity index is 970. The summed E-state index contributed by atoms with van der Waals surface area (Å²) in [6.45, 7) is 4.30. The molecule has 2 aromatic rings. The third-order valence-electron chi connectivity index (χ3n) is 5.56. The van der Waals surface area contributed by atoms with Gasteiger partial charge < -0.3 is 5.73 Å². The van der Waals surface area contributed by atoms with Crippen LogP contribution in [0, 0.1) is 14.2 Å². The van der Waals surface area contributed by atoms with Crippen LogP contribution in [0.2, 0.25) is 0 Å². The molecule has 3 rings (SSSR count). The number of quaternary nitrogens is 1. The number of nitrogens with one attached hydrogen (secondary N) is 3. The van der Waals surface area contributed by atoms with Gasteiger partial charge in [-0.1, -0.05) is 0 Å². The molecule has 10 heteroatoms. The van der Waals surface area contributed by atoms with Crippen molar-refractivity contribution in [3.63, 3.8) is 0 Å². The van der Waals surface area contributed by atoms with Gasteiger partial charge in [-0.05, 0) is 24.3 Å². The predicted octanol–water partition coefficient (Wildman–Crippen LogP) is -0.446. The monoisotopic (exact) mass is 693 g/mol. The fourth-order valence-electron chi connectivity index (χ4n) is 3.78. The number of likely N-dealkylation sites (N-methyl/N-ethyl adjacent to an activating group) is 2.